The Morgan fingerprint density at radius 2 is 1.64 bits per heavy atom. The van der Waals surface area contributed by atoms with Gasteiger partial charge in [-0.1, -0.05) is 50.2 Å². The maximum absolute atomic E-state index is 12.9. The van der Waals surface area contributed by atoms with Crippen LogP contribution < -0.4 is 0 Å². The molecule has 0 radical (unpaired) electrons. The number of amides is 1. The lowest BCUT2D eigenvalue weighted by Gasteiger charge is -2.21. The zero-order chi connectivity index (χ0) is 20.7. The molecule has 0 aromatic heterocycles. The van der Waals surface area contributed by atoms with Crippen LogP contribution in [0.2, 0.25) is 0 Å². The molecule has 6 heteroatoms. The van der Waals surface area contributed by atoms with E-state index in [1.165, 1.54) is 15.9 Å². The number of aryl methyl sites for hydroxylation is 2. The van der Waals surface area contributed by atoms with E-state index in [1.807, 2.05) is 32.0 Å². The number of hydrogen-bond acceptors (Lipinski definition) is 3. The molecular formula is C22H30N2O3S. The van der Waals surface area contributed by atoms with Gasteiger partial charge in [-0.25, -0.2) is 8.42 Å². The molecule has 0 spiro atoms. The van der Waals surface area contributed by atoms with Crippen molar-refractivity contribution in [3.63, 3.8) is 0 Å². The molecule has 152 valence electrons. The van der Waals surface area contributed by atoms with Crippen molar-refractivity contribution in [2.75, 3.05) is 26.7 Å². The van der Waals surface area contributed by atoms with Crippen LogP contribution in [-0.4, -0.2) is 50.2 Å². The lowest BCUT2D eigenvalue weighted by atomic mass is 10.1. The summed E-state index contributed by atoms with van der Waals surface area (Å²) in [5, 5.41) is 0. The van der Waals surface area contributed by atoms with Gasteiger partial charge in [-0.2, -0.15) is 4.31 Å². The maximum atomic E-state index is 12.9. The third-order valence-electron chi connectivity index (χ3n) is 4.91. The highest BCUT2D eigenvalue weighted by atomic mass is 32.2. The molecule has 0 saturated carbocycles. The topological polar surface area (TPSA) is 57.7 Å². The Labute approximate surface area is 169 Å². The van der Waals surface area contributed by atoms with E-state index >= 15 is 0 Å². The van der Waals surface area contributed by atoms with Gasteiger partial charge in [0.2, 0.25) is 10.0 Å². The number of sulfonamides is 1. The van der Waals surface area contributed by atoms with E-state index in [4.69, 9.17) is 0 Å². The van der Waals surface area contributed by atoms with Gasteiger partial charge in [0.1, 0.15) is 0 Å². The van der Waals surface area contributed by atoms with Gasteiger partial charge in [0, 0.05) is 32.2 Å². The second-order valence-electron chi connectivity index (χ2n) is 6.89. The standard InChI is InChI=1S/C22H30N2O3S/c1-5-24(6-2)28(26,27)21-17-20(15-14-18(21)3)22(25)23(4)16-10-13-19-11-8-7-9-12-19/h7-9,11-12,14-15,17H,5-6,10,13,16H2,1-4H3. The Kier molecular flexibility index (Phi) is 7.78. The Morgan fingerprint density at radius 1 is 1.00 bits per heavy atom. The van der Waals surface area contributed by atoms with E-state index < -0.39 is 10.0 Å². The van der Waals surface area contributed by atoms with Crippen LogP contribution >= 0.6 is 0 Å². The van der Waals surface area contributed by atoms with E-state index in [2.05, 4.69) is 12.1 Å². The molecule has 5 nitrogen and oxygen atoms in total. The van der Waals surface area contributed by atoms with Crippen molar-refractivity contribution in [2.45, 2.75) is 38.5 Å². The largest absolute Gasteiger partial charge is 0.342 e. The molecule has 0 fully saturated rings. The van der Waals surface area contributed by atoms with Gasteiger partial charge in [-0.3, -0.25) is 4.79 Å². The summed E-state index contributed by atoms with van der Waals surface area (Å²) in [6.07, 6.45) is 1.75. The van der Waals surface area contributed by atoms with Crippen LogP contribution in [0.15, 0.2) is 53.4 Å². The molecule has 1 amide bonds. The minimum absolute atomic E-state index is 0.163. The summed E-state index contributed by atoms with van der Waals surface area (Å²) in [5.41, 5.74) is 2.29. The third kappa shape index (κ3) is 5.20. The lowest BCUT2D eigenvalue weighted by Crippen LogP contribution is -2.32. The van der Waals surface area contributed by atoms with Crippen LogP contribution in [0.25, 0.3) is 0 Å². The van der Waals surface area contributed by atoms with Gasteiger partial charge in [0.15, 0.2) is 0 Å². The Morgan fingerprint density at radius 3 is 2.25 bits per heavy atom. The molecule has 0 aliphatic heterocycles. The van der Waals surface area contributed by atoms with Crippen molar-refractivity contribution >= 4 is 15.9 Å². The Bertz CT molecular complexity index is 891. The maximum Gasteiger partial charge on any atom is 0.253 e. The van der Waals surface area contributed by atoms with Crippen molar-refractivity contribution in [2.24, 2.45) is 0 Å². The molecule has 0 aliphatic rings. The first-order chi connectivity index (χ1) is 13.3. The van der Waals surface area contributed by atoms with Crippen LogP contribution in [0.1, 0.15) is 41.8 Å². The van der Waals surface area contributed by atoms with Crippen molar-refractivity contribution in [3.8, 4) is 0 Å². The van der Waals surface area contributed by atoms with Gasteiger partial charge in [0.25, 0.3) is 5.91 Å². The van der Waals surface area contributed by atoms with Crippen LogP contribution in [0.5, 0.6) is 0 Å². The summed E-state index contributed by atoms with van der Waals surface area (Å²) in [6.45, 7) is 6.79. The fourth-order valence-electron chi connectivity index (χ4n) is 3.20. The first-order valence-corrected chi connectivity index (χ1v) is 11.2. The van der Waals surface area contributed by atoms with Crippen molar-refractivity contribution in [3.05, 3.63) is 65.2 Å². The zero-order valence-electron chi connectivity index (χ0n) is 17.2. The number of rotatable bonds is 9. The van der Waals surface area contributed by atoms with E-state index in [-0.39, 0.29) is 10.8 Å². The summed E-state index contributed by atoms with van der Waals surface area (Å²) >= 11 is 0. The molecule has 0 N–H and O–H groups in total. The molecule has 0 unspecified atom stereocenters. The van der Waals surface area contributed by atoms with E-state index in [9.17, 15) is 13.2 Å². The summed E-state index contributed by atoms with van der Waals surface area (Å²) in [5.74, 6) is -0.163. The van der Waals surface area contributed by atoms with E-state index in [0.717, 1.165) is 12.8 Å². The predicted molar refractivity (Wildman–Crippen MR) is 113 cm³/mol. The minimum Gasteiger partial charge on any atom is -0.342 e. The average molecular weight is 403 g/mol. The van der Waals surface area contributed by atoms with Gasteiger partial charge in [0.05, 0.1) is 4.90 Å². The molecule has 0 bridgehead atoms. The fourth-order valence-corrected chi connectivity index (χ4v) is 4.91. The summed E-state index contributed by atoms with van der Waals surface area (Å²) in [7, 11) is -1.85. The molecule has 0 aliphatic carbocycles. The van der Waals surface area contributed by atoms with Gasteiger partial charge in [-0.15, -0.1) is 0 Å². The molecule has 28 heavy (non-hydrogen) atoms. The summed E-state index contributed by atoms with van der Waals surface area (Å²) in [6, 6.07) is 15.1. The number of carbonyl (C=O) groups excluding carboxylic acids is 1. The highest BCUT2D eigenvalue weighted by Gasteiger charge is 2.25. The van der Waals surface area contributed by atoms with Crippen LogP contribution in [0.3, 0.4) is 0 Å². The molecule has 0 heterocycles. The smallest absolute Gasteiger partial charge is 0.253 e. The van der Waals surface area contributed by atoms with E-state index in [1.54, 1.807) is 31.0 Å². The number of carbonyl (C=O) groups is 1. The fraction of sp³-hybridized carbons (Fsp3) is 0.409. The van der Waals surface area contributed by atoms with Crippen LogP contribution in [0.4, 0.5) is 0 Å². The number of nitrogens with zero attached hydrogens (tertiary/aromatic N) is 2. The second kappa shape index (κ2) is 9.85. The van der Waals surface area contributed by atoms with Gasteiger partial charge < -0.3 is 4.90 Å². The summed E-state index contributed by atoms with van der Waals surface area (Å²) < 4.78 is 27.2. The first kappa shape index (κ1) is 22.1. The molecule has 2 aromatic carbocycles. The molecule has 0 saturated heterocycles. The molecule has 2 rings (SSSR count). The zero-order valence-corrected chi connectivity index (χ0v) is 18.0. The Balaban J connectivity index is 2.13. The van der Waals surface area contributed by atoms with Crippen molar-refractivity contribution in [1.82, 2.24) is 9.21 Å². The van der Waals surface area contributed by atoms with Crippen molar-refractivity contribution in [1.29, 1.82) is 0 Å². The molecule has 0 atom stereocenters. The third-order valence-corrected chi connectivity index (χ3v) is 7.10. The monoisotopic (exact) mass is 402 g/mol. The normalized spacial score (nSPS) is 11.6. The van der Waals surface area contributed by atoms with E-state index in [0.29, 0.717) is 30.8 Å². The first-order valence-electron chi connectivity index (χ1n) is 9.71. The van der Waals surface area contributed by atoms with Gasteiger partial charge >= 0.3 is 0 Å². The molecule has 2 aromatic rings. The second-order valence-corrected chi connectivity index (χ2v) is 8.79. The van der Waals surface area contributed by atoms with Crippen LogP contribution in [0, 0.1) is 6.92 Å². The highest BCUT2D eigenvalue weighted by molar-refractivity contribution is 7.89. The predicted octanol–water partition coefficient (Wildman–Crippen LogP) is 3.73. The van der Waals surface area contributed by atoms with Crippen LogP contribution in [-0.2, 0) is 16.4 Å². The Hall–Kier alpha value is -2.18. The SMILES string of the molecule is CCN(CC)S(=O)(=O)c1cc(C(=O)N(C)CCCc2ccccc2)ccc1C. The number of hydrogen-bond donors (Lipinski definition) is 0. The summed E-state index contributed by atoms with van der Waals surface area (Å²) in [4.78, 5) is 14.7. The number of benzene rings is 2. The average Bonchev–Trinajstić information content (AvgIpc) is 2.69. The highest BCUT2D eigenvalue weighted by Crippen LogP contribution is 2.22. The van der Waals surface area contributed by atoms with Gasteiger partial charge in [-0.05, 0) is 43.0 Å². The minimum atomic E-state index is -3.60. The van der Waals surface area contributed by atoms with Crippen molar-refractivity contribution < 1.29 is 13.2 Å². The lowest BCUT2D eigenvalue weighted by molar-refractivity contribution is 0.0793. The quantitative estimate of drug-likeness (QED) is 0.642. The molecular weight excluding hydrogens is 372 g/mol.